The lowest BCUT2D eigenvalue weighted by Crippen LogP contribution is -2.06. The number of aromatic nitrogens is 1. The Morgan fingerprint density at radius 3 is 2.38 bits per heavy atom. The lowest BCUT2D eigenvalue weighted by atomic mass is 10.2. The maximum atomic E-state index is 5.71. The highest BCUT2D eigenvalue weighted by atomic mass is 16.5. The number of ether oxygens (including phenoxy) is 1. The van der Waals surface area contributed by atoms with Crippen LogP contribution in [0.1, 0.15) is 18.7 Å². The number of hydrogen-bond donors (Lipinski definition) is 1. The van der Waals surface area contributed by atoms with Crippen molar-refractivity contribution in [2.45, 2.75) is 13.0 Å². The SMILES string of the molecule is C[C@H](N)c1ccc(Oc2ccccc2)cn1. The molecule has 3 heteroatoms. The van der Waals surface area contributed by atoms with E-state index >= 15 is 0 Å². The summed E-state index contributed by atoms with van der Waals surface area (Å²) in [6.07, 6.45) is 1.69. The average Bonchev–Trinajstić information content (AvgIpc) is 2.31. The zero-order valence-corrected chi connectivity index (χ0v) is 9.13. The summed E-state index contributed by atoms with van der Waals surface area (Å²) in [6, 6.07) is 13.3. The summed E-state index contributed by atoms with van der Waals surface area (Å²) in [5.41, 5.74) is 6.57. The second kappa shape index (κ2) is 4.77. The topological polar surface area (TPSA) is 48.1 Å². The molecule has 82 valence electrons. The molecule has 2 N–H and O–H groups in total. The van der Waals surface area contributed by atoms with Gasteiger partial charge >= 0.3 is 0 Å². The summed E-state index contributed by atoms with van der Waals surface area (Å²) in [5, 5.41) is 0. The number of benzene rings is 1. The molecule has 0 unspecified atom stereocenters. The van der Waals surface area contributed by atoms with Gasteiger partial charge in [0.25, 0.3) is 0 Å². The van der Waals surface area contributed by atoms with Crippen LogP contribution in [0.3, 0.4) is 0 Å². The Balaban J connectivity index is 2.11. The predicted octanol–water partition coefficient (Wildman–Crippen LogP) is 2.89. The van der Waals surface area contributed by atoms with Gasteiger partial charge in [-0.2, -0.15) is 0 Å². The number of rotatable bonds is 3. The van der Waals surface area contributed by atoms with E-state index in [1.807, 2.05) is 49.4 Å². The highest BCUT2D eigenvalue weighted by Gasteiger charge is 2.01. The second-order valence-corrected chi connectivity index (χ2v) is 3.62. The van der Waals surface area contributed by atoms with Gasteiger partial charge in [0.2, 0.25) is 0 Å². The Hall–Kier alpha value is -1.87. The normalized spacial score (nSPS) is 12.1. The highest BCUT2D eigenvalue weighted by molar-refractivity contribution is 5.29. The van der Waals surface area contributed by atoms with Gasteiger partial charge in [-0.25, -0.2) is 0 Å². The molecule has 0 radical (unpaired) electrons. The van der Waals surface area contributed by atoms with Crippen molar-refractivity contribution in [3.63, 3.8) is 0 Å². The molecule has 1 heterocycles. The van der Waals surface area contributed by atoms with Crippen molar-refractivity contribution >= 4 is 0 Å². The van der Waals surface area contributed by atoms with Crippen LogP contribution in [0.4, 0.5) is 0 Å². The minimum Gasteiger partial charge on any atom is -0.456 e. The molecule has 0 aliphatic heterocycles. The number of nitrogens with two attached hydrogens (primary N) is 1. The molecule has 0 aliphatic carbocycles. The van der Waals surface area contributed by atoms with E-state index in [-0.39, 0.29) is 6.04 Å². The van der Waals surface area contributed by atoms with E-state index in [1.165, 1.54) is 0 Å². The Labute approximate surface area is 94.9 Å². The minimum atomic E-state index is -0.0502. The highest BCUT2D eigenvalue weighted by Crippen LogP contribution is 2.20. The molecule has 0 spiro atoms. The zero-order valence-electron chi connectivity index (χ0n) is 9.13. The first-order chi connectivity index (χ1) is 7.75. The Morgan fingerprint density at radius 2 is 1.81 bits per heavy atom. The van der Waals surface area contributed by atoms with Crippen LogP contribution in [0.25, 0.3) is 0 Å². The first-order valence-electron chi connectivity index (χ1n) is 5.20. The van der Waals surface area contributed by atoms with Crippen LogP contribution in [-0.2, 0) is 0 Å². The van der Waals surface area contributed by atoms with Gasteiger partial charge in [-0.05, 0) is 31.2 Å². The average molecular weight is 214 g/mol. The van der Waals surface area contributed by atoms with E-state index in [4.69, 9.17) is 10.5 Å². The molecule has 1 aromatic carbocycles. The summed E-state index contributed by atoms with van der Waals surface area (Å²) in [6.45, 7) is 1.90. The lowest BCUT2D eigenvalue weighted by Gasteiger charge is -2.07. The zero-order chi connectivity index (χ0) is 11.4. The van der Waals surface area contributed by atoms with Gasteiger partial charge in [0.15, 0.2) is 0 Å². The van der Waals surface area contributed by atoms with Gasteiger partial charge in [0, 0.05) is 6.04 Å². The third-order valence-corrected chi connectivity index (χ3v) is 2.20. The fourth-order valence-electron chi connectivity index (χ4n) is 1.35. The number of pyridine rings is 1. The minimum absolute atomic E-state index is 0.0502. The quantitative estimate of drug-likeness (QED) is 0.854. The number of para-hydroxylation sites is 1. The molecule has 0 aliphatic rings. The van der Waals surface area contributed by atoms with E-state index in [2.05, 4.69) is 4.98 Å². The van der Waals surface area contributed by atoms with Crippen LogP contribution in [0.2, 0.25) is 0 Å². The molecule has 1 aromatic heterocycles. The maximum absolute atomic E-state index is 5.71. The van der Waals surface area contributed by atoms with E-state index in [0.717, 1.165) is 17.2 Å². The monoisotopic (exact) mass is 214 g/mol. The summed E-state index contributed by atoms with van der Waals surface area (Å²) < 4.78 is 5.61. The van der Waals surface area contributed by atoms with Crippen molar-refractivity contribution in [3.05, 3.63) is 54.4 Å². The molecule has 2 aromatic rings. The van der Waals surface area contributed by atoms with Gasteiger partial charge in [0.05, 0.1) is 11.9 Å². The fraction of sp³-hybridized carbons (Fsp3) is 0.154. The first-order valence-corrected chi connectivity index (χ1v) is 5.20. The molecule has 0 amide bonds. The molecule has 1 atom stereocenters. The van der Waals surface area contributed by atoms with Gasteiger partial charge in [0.1, 0.15) is 11.5 Å². The Morgan fingerprint density at radius 1 is 1.06 bits per heavy atom. The van der Waals surface area contributed by atoms with Crippen LogP contribution in [-0.4, -0.2) is 4.98 Å². The largest absolute Gasteiger partial charge is 0.456 e. The van der Waals surface area contributed by atoms with Gasteiger partial charge in [-0.1, -0.05) is 18.2 Å². The molecule has 0 fully saturated rings. The predicted molar refractivity (Wildman–Crippen MR) is 63.4 cm³/mol. The van der Waals surface area contributed by atoms with Crippen molar-refractivity contribution in [3.8, 4) is 11.5 Å². The maximum Gasteiger partial charge on any atom is 0.145 e. The number of hydrogen-bond acceptors (Lipinski definition) is 3. The van der Waals surface area contributed by atoms with Gasteiger partial charge < -0.3 is 10.5 Å². The van der Waals surface area contributed by atoms with E-state index in [9.17, 15) is 0 Å². The second-order valence-electron chi connectivity index (χ2n) is 3.62. The molecule has 0 bridgehead atoms. The fourth-order valence-corrected chi connectivity index (χ4v) is 1.35. The first kappa shape index (κ1) is 10.6. The van der Waals surface area contributed by atoms with E-state index in [0.29, 0.717) is 0 Å². The van der Waals surface area contributed by atoms with Crippen LogP contribution >= 0.6 is 0 Å². The van der Waals surface area contributed by atoms with Crippen LogP contribution in [0.15, 0.2) is 48.7 Å². The smallest absolute Gasteiger partial charge is 0.145 e. The van der Waals surface area contributed by atoms with Crippen molar-refractivity contribution < 1.29 is 4.74 Å². The lowest BCUT2D eigenvalue weighted by molar-refractivity contribution is 0.479. The third-order valence-electron chi connectivity index (χ3n) is 2.20. The van der Waals surface area contributed by atoms with Crippen LogP contribution < -0.4 is 10.5 Å². The van der Waals surface area contributed by atoms with Crippen molar-refractivity contribution in [2.75, 3.05) is 0 Å². The third kappa shape index (κ3) is 2.58. The standard InChI is InChI=1S/C13H14N2O/c1-10(14)13-8-7-12(9-15-13)16-11-5-3-2-4-6-11/h2-10H,14H2,1H3/t10-/m0/s1. The van der Waals surface area contributed by atoms with Crippen molar-refractivity contribution in [2.24, 2.45) is 5.73 Å². The van der Waals surface area contributed by atoms with Crippen LogP contribution in [0, 0.1) is 0 Å². The molecule has 0 saturated carbocycles. The molecule has 2 rings (SSSR count). The van der Waals surface area contributed by atoms with E-state index < -0.39 is 0 Å². The summed E-state index contributed by atoms with van der Waals surface area (Å²) in [4.78, 5) is 4.22. The molecule has 0 saturated heterocycles. The van der Waals surface area contributed by atoms with Crippen LogP contribution in [0.5, 0.6) is 11.5 Å². The molecule has 3 nitrogen and oxygen atoms in total. The van der Waals surface area contributed by atoms with Gasteiger partial charge in [-0.15, -0.1) is 0 Å². The van der Waals surface area contributed by atoms with E-state index in [1.54, 1.807) is 6.20 Å². The number of nitrogens with zero attached hydrogens (tertiary/aromatic N) is 1. The molecule has 16 heavy (non-hydrogen) atoms. The molecular weight excluding hydrogens is 200 g/mol. The van der Waals surface area contributed by atoms with Gasteiger partial charge in [-0.3, -0.25) is 4.98 Å². The summed E-state index contributed by atoms with van der Waals surface area (Å²) >= 11 is 0. The molecular formula is C13H14N2O. The summed E-state index contributed by atoms with van der Waals surface area (Å²) in [5.74, 6) is 1.52. The Bertz CT molecular complexity index is 437. The van der Waals surface area contributed by atoms with Crippen molar-refractivity contribution in [1.29, 1.82) is 0 Å². The van der Waals surface area contributed by atoms with Crippen molar-refractivity contribution in [1.82, 2.24) is 4.98 Å². The Kier molecular flexibility index (Phi) is 3.17. The summed E-state index contributed by atoms with van der Waals surface area (Å²) in [7, 11) is 0.